The van der Waals surface area contributed by atoms with Crippen molar-refractivity contribution in [2.45, 2.75) is 38.8 Å². The molecule has 1 atom stereocenters. The molecule has 0 bridgehead atoms. The zero-order valence-electron chi connectivity index (χ0n) is 19.0. The van der Waals surface area contributed by atoms with Gasteiger partial charge >= 0.3 is 0 Å². The monoisotopic (exact) mass is 431 g/mol. The number of aryl methyl sites for hydroxylation is 2. The molecule has 2 aliphatic heterocycles. The number of anilines is 1. The lowest BCUT2D eigenvalue weighted by molar-refractivity contribution is -0.133. The molecule has 0 N–H and O–H groups in total. The number of hydrogen-bond donors (Lipinski definition) is 0. The molecule has 6 heteroatoms. The highest BCUT2D eigenvalue weighted by Crippen LogP contribution is 2.24. The molecule has 2 fully saturated rings. The Morgan fingerprint density at radius 1 is 1.00 bits per heavy atom. The second-order valence-corrected chi connectivity index (χ2v) is 9.12. The molecule has 0 spiro atoms. The van der Waals surface area contributed by atoms with Crippen molar-refractivity contribution in [1.82, 2.24) is 19.4 Å². The number of nitrogens with zero attached hydrogens (tertiary/aromatic N) is 5. The van der Waals surface area contributed by atoms with Crippen LogP contribution in [0.2, 0.25) is 0 Å². The Bertz CT molecular complexity index is 1070. The number of imidazole rings is 1. The molecule has 0 saturated carbocycles. The van der Waals surface area contributed by atoms with Crippen LogP contribution >= 0.6 is 0 Å². The van der Waals surface area contributed by atoms with Crippen LogP contribution in [0.4, 0.5) is 5.69 Å². The van der Waals surface area contributed by atoms with Crippen molar-refractivity contribution in [3.05, 3.63) is 60.4 Å². The molecule has 2 aromatic carbocycles. The van der Waals surface area contributed by atoms with Crippen LogP contribution in [-0.2, 0) is 11.3 Å². The highest BCUT2D eigenvalue weighted by Gasteiger charge is 2.30. The molecule has 1 amide bonds. The molecule has 0 radical (unpaired) electrons. The van der Waals surface area contributed by atoms with Gasteiger partial charge in [-0.3, -0.25) is 9.69 Å². The third kappa shape index (κ3) is 4.37. The van der Waals surface area contributed by atoms with Gasteiger partial charge < -0.3 is 14.4 Å². The van der Waals surface area contributed by atoms with Crippen molar-refractivity contribution in [2.75, 3.05) is 44.2 Å². The largest absolute Gasteiger partial charge is 0.369 e. The maximum absolute atomic E-state index is 13.0. The van der Waals surface area contributed by atoms with E-state index in [9.17, 15) is 4.79 Å². The van der Waals surface area contributed by atoms with Crippen molar-refractivity contribution >= 4 is 22.6 Å². The van der Waals surface area contributed by atoms with E-state index in [1.165, 1.54) is 17.7 Å². The quantitative estimate of drug-likeness (QED) is 0.620. The maximum Gasteiger partial charge on any atom is 0.224 e. The van der Waals surface area contributed by atoms with Gasteiger partial charge in [0.1, 0.15) is 0 Å². The third-order valence-corrected chi connectivity index (χ3v) is 7.13. The lowest BCUT2D eigenvalue weighted by Crippen LogP contribution is -2.56. The van der Waals surface area contributed by atoms with Crippen molar-refractivity contribution in [3.63, 3.8) is 0 Å². The number of hydrogen-bond acceptors (Lipinski definition) is 4. The second kappa shape index (κ2) is 9.33. The minimum Gasteiger partial charge on any atom is -0.369 e. The smallest absolute Gasteiger partial charge is 0.224 e. The van der Waals surface area contributed by atoms with Crippen molar-refractivity contribution in [2.24, 2.45) is 0 Å². The van der Waals surface area contributed by atoms with Gasteiger partial charge in [-0.05, 0) is 43.5 Å². The highest BCUT2D eigenvalue weighted by atomic mass is 16.2. The topological polar surface area (TPSA) is 44.6 Å². The van der Waals surface area contributed by atoms with Crippen LogP contribution in [0.5, 0.6) is 0 Å². The fourth-order valence-corrected chi connectivity index (χ4v) is 5.29. The normalized spacial score (nSPS) is 20.1. The summed E-state index contributed by atoms with van der Waals surface area (Å²) in [5.41, 5.74) is 4.80. The first kappa shape index (κ1) is 21.0. The Kier molecular flexibility index (Phi) is 6.12. The summed E-state index contributed by atoms with van der Waals surface area (Å²) in [6.45, 7) is 8.90. The average Bonchev–Trinajstić information content (AvgIpc) is 3.26. The summed E-state index contributed by atoms with van der Waals surface area (Å²) in [5, 5.41) is 0. The van der Waals surface area contributed by atoms with Crippen LogP contribution < -0.4 is 4.90 Å². The summed E-state index contributed by atoms with van der Waals surface area (Å²) in [4.78, 5) is 24.7. The van der Waals surface area contributed by atoms with Crippen molar-refractivity contribution in [3.8, 4) is 0 Å². The lowest BCUT2D eigenvalue weighted by atomic mass is 10.0. The number of piperidine rings is 1. The van der Waals surface area contributed by atoms with E-state index in [0.29, 0.717) is 19.0 Å². The molecule has 2 aliphatic rings. The fraction of sp³-hybridized carbons (Fsp3) is 0.462. The van der Waals surface area contributed by atoms with Crippen molar-refractivity contribution < 1.29 is 4.79 Å². The number of carbonyl (C=O) groups excluding carboxylic acids is 1. The summed E-state index contributed by atoms with van der Waals surface area (Å²) in [7, 11) is 0. The van der Waals surface area contributed by atoms with Gasteiger partial charge in [0.15, 0.2) is 0 Å². The number of carbonyl (C=O) groups is 1. The van der Waals surface area contributed by atoms with Gasteiger partial charge in [-0.2, -0.15) is 0 Å². The lowest BCUT2D eigenvalue weighted by Gasteiger charge is -2.44. The molecule has 32 heavy (non-hydrogen) atoms. The Hall–Kier alpha value is -2.86. The molecular weight excluding hydrogens is 398 g/mol. The van der Waals surface area contributed by atoms with Crippen LogP contribution in [0.1, 0.15) is 24.8 Å². The molecule has 6 nitrogen and oxygen atoms in total. The number of likely N-dealkylation sites (tertiary alicyclic amines) is 1. The van der Waals surface area contributed by atoms with Gasteiger partial charge in [0.25, 0.3) is 0 Å². The summed E-state index contributed by atoms with van der Waals surface area (Å²) in [6.07, 6.45) is 4.68. The molecule has 0 unspecified atom stereocenters. The standard InChI is InChI=1S/C26H33N5O/c1-21-7-2-4-10-24(21)29-17-15-28(16-18-29)22-8-6-13-30(19-22)26(32)12-14-31-20-27-23-9-3-5-11-25(23)31/h2-5,7,9-11,20,22H,6,8,12-19H2,1H3/t22-/m0/s1. The Morgan fingerprint density at radius 3 is 2.62 bits per heavy atom. The second-order valence-electron chi connectivity index (χ2n) is 9.12. The summed E-state index contributed by atoms with van der Waals surface area (Å²) >= 11 is 0. The molecule has 3 heterocycles. The van der Waals surface area contributed by atoms with Crippen LogP contribution in [0, 0.1) is 6.92 Å². The van der Waals surface area contributed by atoms with Gasteiger partial charge in [-0.1, -0.05) is 30.3 Å². The maximum atomic E-state index is 13.0. The zero-order valence-corrected chi connectivity index (χ0v) is 19.0. The minimum absolute atomic E-state index is 0.269. The number of piperazine rings is 1. The van der Waals surface area contributed by atoms with Gasteiger partial charge in [0.05, 0.1) is 17.4 Å². The summed E-state index contributed by atoms with van der Waals surface area (Å²) in [5.74, 6) is 0.269. The summed E-state index contributed by atoms with van der Waals surface area (Å²) < 4.78 is 2.10. The molecule has 1 aromatic heterocycles. The van der Waals surface area contributed by atoms with E-state index in [2.05, 4.69) is 61.5 Å². The van der Waals surface area contributed by atoms with E-state index >= 15 is 0 Å². The first-order valence-corrected chi connectivity index (χ1v) is 11.9. The van der Waals surface area contributed by atoms with E-state index in [1.807, 2.05) is 24.5 Å². The summed E-state index contributed by atoms with van der Waals surface area (Å²) in [6, 6.07) is 17.3. The predicted molar refractivity (Wildman–Crippen MR) is 129 cm³/mol. The molecule has 0 aliphatic carbocycles. The Morgan fingerprint density at radius 2 is 1.78 bits per heavy atom. The number of aromatic nitrogens is 2. The number of fused-ring (bicyclic) bond motifs is 1. The highest BCUT2D eigenvalue weighted by molar-refractivity contribution is 5.77. The molecule has 168 valence electrons. The van der Waals surface area contributed by atoms with Gasteiger partial charge in [-0.15, -0.1) is 0 Å². The van der Waals surface area contributed by atoms with Gasteiger partial charge in [0.2, 0.25) is 5.91 Å². The Balaban J connectivity index is 1.14. The number of para-hydroxylation sites is 3. The predicted octanol–water partition coefficient (Wildman–Crippen LogP) is 3.55. The van der Waals surface area contributed by atoms with E-state index in [4.69, 9.17) is 0 Å². The van der Waals surface area contributed by atoms with Crippen molar-refractivity contribution in [1.29, 1.82) is 0 Å². The number of amides is 1. The average molecular weight is 432 g/mol. The van der Waals surface area contributed by atoms with E-state index < -0.39 is 0 Å². The van der Waals surface area contributed by atoms with E-state index in [-0.39, 0.29) is 5.91 Å². The molecule has 5 rings (SSSR count). The third-order valence-electron chi connectivity index (χ3n) is 7.13. The fourth-order valence-electron chi connectivity index (χ4n) is 5.29. The first-order chi connectivity index (χ1) is 15.7. The minimum atomic E-state index is 0.269. The van der Waals surface area contributed by atoms with Crippen LogP contribution in [-0.4, -0.2) is 70.6 Å². The first-order valence-electron chi connectivity index (χ1n) is 11.9. The van der Waals surface area contributed by atoms with Crippen LogP contribution in [0.15, 0.2) is 54.9 Å². The number of benzene rings is 2. The number of rotatable bonds is 5. The van der Waals surface area contributed by atoms with E-state index in [0.717, 1.165) is 56.7 Å². The zero-order chi connectivity index (χ0) is 21.9. The van der Waals surface area contributed by atoms with Crippen LogP contribution in [0.25, 0.3) is 11.0 Å². The van der Waals surface area contributed by atoms with Gasteiger partial charge in [0, 0.05) is 64.0 Å². The molecule has 2 saturated heterocycles. The Labute approximate surface area is 190 Å². The van der Waals surface area contributed by atoms with Gasteiger partial charge in [-0.25, -0.2) is 4.98 Å². The SMILES string of the molecule is Cc1ccccc1N1CCN([C@H]2CCCN(C(=O)CCn3cnc4ccccc43)C2)CC1. The van der Waals surface area contributed by atoms with E-state index in [1.54, 1.807) is 0 Å². The van der Waals surface area contributed by atoms with Crippen LogP contribution in [0.3, 0.4) is 0 Å². The molecule has 3 aromatic rings. The molecular formula is C26H33N5O.